The molecule has 25 heavy (non-hydrogen) atoms. The Balaban J connectivity index is 2.00. The number of carbonyl (C=O) groups is 1. The summed E-state index contributed by atoms with van der Waals surface area (Å²) in [5.41, 5.74) is 3.76. The fourth-order valence-corrected chi connectivity index (χ4v) is 3.64. The third-order valence-corrected chi connectivity index (χ3v) is 5.36. The lowest BCUT2D eigenvalue weighted by molar-refractivity contribution is -0.166. The minimum Gasteiger partial charge on any atom is -0.457 e. The molecule has 3 unspecified atom stereocenters. The molecule has 4 heteroatoms. The van der Waals surface area contributed by atoms with Gasteiger partial charge in [-0.3, -0.25) is 4.79 Å². The van der Waals surface area contributed by atoms with Crippen molar-refractivity contribution in [3.63, 3.8) is 0 Å². The molecule has 2 aromatic carbocycles. The van der Waals surface area contributed by atoms with Crippen LogP contribution in [0.25, 0.3) is 0 Å². The Hall–Kier alpha value is -1.99. The maximum Gasteiger partial charge on any atom is 0.317 e. The van der Waals surface area contributed by atoms with Crippen molar-refractivity contribution in [3.05, 3.63) is 88.1 Å². The molecule has 0 saturated carbocycles. The van der Waals surface area contributed by atoms with Crippen LogP contribution < -0.4 is 0 Å². The van der Waals surface area contributed by atoms with Crippen molar-refractivity contribution in [2.75, 3.05) is 0 Å². The lowest BCUT2D eigenvalue weighted by Gasteiger charge is -2.41. The predicted octanol–water partition coefficient (Wildman–Crippen LogP) is 5.90. The van der Waals surface area contributed by atoms with Gasteiger partial charge in [0.1, 0.15) is 6.10 Å². The molecule has 0 spiro atoms. The normalized spacial score (nSPS) is 25.8. The summed E-state index contributed by atoms with van der Waals surface area (Å²) >= 11 is 12.1. The average Bonchev–Trinajstić information content (AvgIpc) is 2.59. The summed E-state index contributed by atoms with van der Waals surface area (Å²) in [6, 6.07) is 14.7. The molecular weight excluding hydrogens is 355 g/mol. The van der Waals surface area contributed by atoms with E-state index in [1.54, 1.807) is 18.2 Å². The number of carbonyl (C=O) groups excluding carboxylic acids is 1. The van der Waals surface area contributed by atoms with Crippen LogP contribution in [0.3, 0.4) is 0 Å². The predicted molar refractivity (Wildman–Crippen MR) is 101 cm³/mol. The minimum atomic E-state index is -0.835. The van der Waals surface area contributed by atoms with E-state index in [0.29, 0.717) is 16.5 Å². The fraction of sp³-hybridized carbons (Fsp3) is 0.238. The Morgan fingerprint density at radius 1 is 1.20 bits per heavy atom. The third-order valence-electron chi connectivity index (χ3n) is 4.87. The zero-order chi connectivity index (χ0) is 18.0. The van der Waals surface area contributed by atoms with Crippen molar-refractivity contribution in [1.82, 2.24) is 0 Å². The monoisotopic (exact) mass is 372 g/mol. The number of benzene rings is 2. The number of hydrogen-bond donors (Lipinski definition) is 0. The molecule has 1 aliphatic rings. The summed E-state index contributed by atoms with van der Waals surface area (Å²) in [5.74, 6) is -0.386. The topological polar surface area (TPSA) is 26.3 Å². The first-order valence-corrected chi connectivity index (χ1v) is 8.79. The van der Waals surface area contributed by atoms with Gasteiger partial charge in [0.25, 0.3) is 0 Å². The highest BCUT2D eigenvalue weighted by molar-refractivity contribution is 6.30. The van der Waals surface area contributed by atoms with Crippen LogP contribution in [-0.2, 0) is 14.9 Å². The maximum atomic E-state index is 13.0. The minimum absolute atomic E-state index is 0.106. The molecule has 0 N–H and O–H groups in total. The van der Waals surface area contributed by atoms with Gasteiger partial charge < -0.3 is 4.74 Å². The van der Waals surface area contributed by atoms with Crippen molar-refractivity contribution in [1.29, 1.82) is 0 Å². The average molecular weight is 373 g/mol. The van der Waals surface area contributed by atoms with E-state index in [9.17, 15) is 4.79 Å². The third kappa shape index (κ3) is 3.39. The van der Waals surface area contributed by atoms with Gasteiger partial charge in [0.15, 0.2) is 0 Å². The van der Waals surface area contributed by atoms with Crippen LogP contribution in [0.2, 0.25) is 10.0 Å². The maximum absolute atomic E-state index is 13.0. The number of hydrogen-bond acceptors (Lipinski definition) is 2. The summed E-state index contributed by atoms with van der Waals surface area (Å²) in [6.07, 6.45) is 2.16. The first kappa shape index (κ1) is 17.8. The molecule has 0 amide bonds. The van der Waals surface area contributed by atoms with E-state index < -0.39 is 5.41 Å². The van der Waals surface area contributed by atoms with E-state index in [0.717, 1.165) is 11.1 Å². The van der Waals surface area contributed by atoms with Crippen molar-refractivity contribution in [2.24, 2.45) is 5.92 Å². The van der Waals surface area contributed by atoms with E-state index in [1.165, 1.54) is 0 Å². The van der Waals surface area contributed by atoms with E-state index >= 15 is 0 Å². The van der Waals surface area contributed by atoms with Crippen molar-refractivity contribution >= 4 is 29.2 Å². The van der Waals surface area contributed by atoms with Crippen LogP contribution in [0.4, 0.5) is 0 Å². The van der Waals surface area contributed by atoms with Crippen molar-refractivity contribution in [2.45, 2.75) is 24.9 Å². The molecule has 3 rings (SSSR count). The van der Waals surface area contributed by atoms with Crippen LogP contribution in [0, 0.1) is 5.92 Å². The summed E-state index contributed by atoms with van der Waals surface area (Å²) in [4.78, 5) is 13.0. The van der Waals surface area contributed by atoms with Gasteiger partial charge in [-0.15, -0.1) is 5.73 Å². The first-order valence-electron chi connectivity index (χ1n) is 8.03. The van der Waals surface area contributed by atoms with Gasteiger partial charge >= 0.3 is 5.97 Å². The molecule has 1 saturated heterocycles. The zero-order valence-electron chi connectivity index (χ0n) is 13.8. The molecule has 1 fully saturated rings. The Kier molecular flexibility index (Phi) is 5.06. The number of rotatable bonds is 3. The Bertz CT molecular complexity index is 837. The first-order chi connectivity index (χ1) is 11.9. The van der Waals surface area contributed by atoms with Gasteiger partial charge in [0.2, 0.25) is 0 Å². The summed E-state index contributed by atoms with van der Waals surface area (Å²) in [5, 5.41) is 1.24. The van der Waals surface area contributed by atoms with Crippen LogP contribution >= 0.6 is 23.2 Å². The molecule has 0 aromatic heterocycles. The zero-order valence-corrected chi connectivity index (χ0v) is 15.3. The number of esters is 1. The highest BCUT2D eigenvalue weighted by Gasteiger charge is 2.49. The molecule has 2 nitrogen and oxygen atoms in total. The number of halogens is 2. The van der Waals surface area contributed by atoms with E-state index in [2.05, 4.69) is 12.3 Å². The molecule has 0 aliphatic carbocycles. The molecule has 0 bridgehead atoms. The molecule has 2 aromatic rings. The van der Waals surface area contributed by atoms with Crippen LogP contribution in [-0.4, -0.2) is 5.97 Å². The molecular formula is C21H18Cl2O2. The van der Waals surface area contributed by atoms with Crippen LogP contribution in [0.5, 0.6) is 0 Å². The number of allylic oxidation sites excluding steroid dienone is 1. The Morgan fingerprint density at radius 3 is 2.56 bits per heavy atom. The van der Waals surface area contributed by atoms with Gasteiger partial charge in [0.05, 0.1) is 5.41 Å². The van der Waals surface area contributed by atoms with E-state index in [4.69, 9.17) is 27.9 Å². The van der Waals surface area contributed by atoms with E-state index in [-0.39, 0.29) is 18.0 Å². The smallest absolute Gasteiger partial charge is 0.317 e. The standard InChI is InChI=1S/C21H18Cl2O2/c1-3-5-15-13-19(14-8-10-17(22)11-9-14)25-20(24)21(15,2)16-6-4-7-18(23)12-16/h4-12,15,19H,1,13H2,2H3. The number of ether oxygens (including phenoxy) is 1. The van der Waals surface area contributed by atoms with Gasteiger partial charge in [-0.1, -0.05) is 54.0 Å². The van der Waals surface area contributed by atoms with Crippen molar-refractivity contribution in [3.8, 4) is 0 Å². The van der Waals surface area contributed by atoms with Gasteiger partial charge in [-0.25, -0.2) is 0 Å². The second kappa shape index (κ2) is 7.09. The SMILES string of the molecule is C=C=CC1CC(c2ccc(Cl)cc2)OC(=O)C1(C)c1cccc(Cl)c1. The Labute approximate surface area is 157 Å². The quantitative estimate of drug-likeness (QED) is 0.495. The second-order valence-electron chi connectivity index (χ2n) is 6.37. The van der Waals surface area contributed by atoms with Gasteiger partial charge in [-0.2, -0.15) is 0 Å². The summed E-state index contributed by atoms with van der Waals surface area (Å²) < 4.78 is 5.81. The summed E-state index contributed by atoms with van der Waals surface area (Å²) in [6.45, 7) is 5.58. The molecule has 0 radical (unpaired) electrons. The molecule has 3 atom stereocenters. The highest BCUT2D eigenvalue weighted by atomic mass is 35.5. The van der Waals surface area contributed by atoms with Gasteiger partial charge in [0, 0.05) is 16.0 Å². The summed E-state index contributed by atoms with van der Waals surface area (Å²) in [7, 11) is 0. The van der Waals surface area contributed by atoms with Gasteiger partial charge in [-0.05, 0) is 54.8 Å². The van der Waals surface area contributed by atoms with Crippen molar-refractivity contribution < 1.29 is 9.53 Å². The lowest BCUT2D eigenvalue weighted by atomic mass is 9.67. The fourth-order valence-electron chi connectivity index (χ4n) is 3.32. The van der Waals surface area contributed by atoms with Crippen LogP contribution in [0.15, 0.2) is 66.9 Å². The van der Waals surface area contributed by atoms with Crippen LogP contribution in [0.1, 0.15) is 30.6 Å². The lowest BCUT2D eigenvalue weighted by Crippen LogP contribution is -2.46. The van der Waals surface area contributed by atoms with E-state index in [1.807, 2.05) is 43.3 Å². The highest BCUT2D eigenvalue weighted by Crippen LogP contribution is 2.46. The number of cyclic esters (lactones) is 1. The molecule has 1 aliphatic heterocycles. The second-order valence-corrected chi connectivity index (χ2v) is 7.24. The largest absolute Gasteiger partial charge is 0.457 e. The molecule has 128 valence electrons. The Morgan fingerprint density at radius 2 is 1.92 bits per heavy atom. The molecule has 1 heterocycles.